The topological polar surface area (TPSA) is 28.2 Å². The standard InChI is InChI=1S/C15H24ClN3/c1-5-15(4)10-18-14(2,3)11-19(15)9-12-6-7-17-8-13(12)16/h6-8,18H,5,9-11H2,1-4H3. The lowest BCUT2D eigenvalue weighted by atomic mass is 9.87. The van der Waals surface area contributed by atoms with Crippen LogP contribution in [-0.2, 0) is 6.54 Å². The summed E-state index contributed by atoms with van der Waals surface area (Å²) < 4.78 is 0. The largest absolute Gasteiger partial charge is 0.309 e. The van der Waals surface area contributed by atoms with Crippen LogP contribution in [0.1, 0.15) is 39.7 Å². The zero-order valence-corrected chi connectivity index (χ0v) is 13.1. The second-order valence-electron chi connectivity index (χ2n) is 6.41. The average molecular weight is 282 g/mol. The number of aromatic nitrogens is 1. The molecule has 19 heavy (non-hydrogen) atoms. The zero-order valence-electron chi connectivity index (χ0n) is 12.3. The monoisotopic (exact) mass is 281 g/mol. The van der Waals surface area contributed by atoms with Crippen molar-refractivity contribution < 1.29 is 0 Å². The lowest BCUT2D eigenvalue weighted by molar-refractivity contribution is 0.0175. The first-order valence-corrected chi connectivity index (χ1v) is 7.32. The molecule has 2 rings (SSSR count). The van der Waals surface area contributed by atoms with E-state index in [0.29, 0.717) is 0 Å². The Bertz CT molecular complexity index is 447. The Morgan fingerprint density at radius 3 is 2.79 bits per heavy atom. The summed E-state index contributed by atoms with van der Waals surface area (Å²) in [6.07, 6.45) is 4.67. The summed E-state index contributed by atoms with van der Waals surface area (Å²) in [6.45, 7) is 12.0. The predicted molar refractivity (Wildman–Crippen MR) is 80.4 cm³/mol. The van der Waals surface area contributed by atoms with E-state index in [2.05, 4.69) is 42.9 Å². The van der Waals surface area contributed by atoms with Gasteiger partial charge in [0.05, 0.1) is 5.02 Å². The fraction of sp³-hybridized carbons (Fsp3) is 0.667. The van der Waals surface area contributed by atoms with E-state index < -0.39 is 0 Å². The maximum Gasteiger partial charge on any atom is 0.0634 e. The second-order valence-corrected chi connectivity index (χ2v) is 6.82. The lowest BCUT2D eigenvalue weighted by Crippen LogP contribution is -2.66. The molecule has 1 saturated heterocycles. The van der Waals surface area contributed by atoms with Gasteiger partial charge in [-0.1, -0.05) is 18.5 Å². The highest BCUT2D eigenvalue weighted by Gasteiger charge is 2.39. The lowest BCUT2D eigenvalue weighted by Gasteiger charge is -2.51. The van der Waals surface area contributed by atoms with Crippen LogP contribution in [-0.4, -0.2) is 34.1 Å². The first kappa shape index (κ1) is 14.8. The van der Waals surface area contributed by atoms with Gasteiger partial charge >= 0.3 is 0 Å². The van der Waals surface area contributed by atoms with E-state index in [1.54, 1.807) is 6.20 Å². The fourth-order valence-corrected chi connectivity index (χ4v) is 2.78. The number of piperazine rings is 1. The molecular formula is C15H24ClN3. The van der Waals surface area contributed by atoms with Crippen LogP contribution in [0.25, 0.3) is 0 Å². The Labute approximate surface area is 121 Å². The van der Waals surface area contributed by atoms with Gasteiger partial charge in [0.2, 0.25) is 0 Å². The van der Waals surface area contributed by atoms with Crippen molar-refractivity contribution in [3.05, 3.63) is 29.0 Å². The number of nitrogens with one attached hydrogen (secondary N) is 1. The summed E-state index contributed by atoms with van der Waals surface area (Å²) in [5.74, 6) is 0. The molecule has 0 aromatic carbocycles. The van der Waals surface area contributed by atoms with Crippen LogP contribution in [0.5, 0.6) is 0 Å². The predicted octanol–water partition coefficient (Wildman–Crippen LogP) is 3.09. The Morgan fingerprint density at radius 2 is 2.16 bits per heavy atom. The van der Waals surface area contributed by atoms with E-state index in [4.69, 9.17) is 11.6 Å². The second kappa shape index (κ2) is 5.39. The number of hydrogen-bond donors (Lipinski definition) is 1. The van der Waals surface area contributed by atoms with E-state index in [-0.39, 0.29) is 11.1 Å². The Balaban J connectivity index is 2.22. The minimum absolute atomic E-state index is 0.147. The molecule has 106 valence electrons. The maximum absolute atomic E-state index is 6.25. The van der Waals surface area contributed by atoms with Crippen LogP contribution in [0.2, 0.25) is 5.02 Å². The smallest absolute Gasteiger partial charge is 0.0634 e. The number of halogens is 1. The highest BCUT2D eigenvalue weighted by Crippen LogP contribution is 2.29. The molecule has 1 aromatic rings. The van der Waals surface area contributed by atoms with E-state index >= 15 is 0 Å². The summed E-state index contributed by atoms with van der Waals surface area (Å²) in [7, 11) is 0. The zero-order chi connectivity index (χ0) is 14.1. The molecule has 0 amide bonds. The molecule has 0 bridgehead atoms. The summed E-state index contributed by atoms with van der Waals surface area (Å²) in [6, 6.07) is 2.02. The van der Waals surface area contributed by atoms with Crippen molar-refractivity contribution in [1.29, 1.82) is 0 Å². The average Bonchev–Trinajstić information content (AvgIpc) is 2.37. The Kier molecular flexibility index (Phi) is 4.19. The molecular weight excluding hydrogens is 258 g/mol. The van der Waals surface area contributed by atoms with Crippen molar-refractivity contribution in [2.75, 3.05) is 13.1 Å². The van der Waals surface area contributed by atoms with Gasteiger partial charge < -0.3 is 5.32 Å². The van der Waals surface area contributed by atoms with Crippen LogP contribution in [0.15, 0.2) is 18.5 Å². The van der Waals surface area contributed by atoms with E-state index in [9.17, 15) is 0 Å². The molecule has 1 N–H and O–H groups in total. The molecule has 1 aliphatic rings. The van der Waals surface area contributed by atoms with Gasteiger partial charge in [-0.2, -0.15) is 0 Å². The van der Waals surface area contributed by atoms with Gasteiger partial charge in [-0.15, -0.1) is 0 Å². The fourth-order valence-electron chi connectivity index (χ4n) is 2.60. The SMILES string of the molecule is CCC1(C)CNC(C)(C)CN1Cc1ccncc1Cl. The van der Waals surface area contributed by atoms with Crippen molar-refractivity contribution in [3.63, 3.8) is 0 Å². The minimum atomic E-state index is 0.147. The molecule has 0 spiro atoms. The maximum atomic E-state index is 6.25. The van der Waals surface area contributed by atoms with Gasteiger partial charge in [0, 0.05) is 43.1 Å². The van der Waals surface area contributed by atoms with Crippen LogP contribution >= 0.6 is 11.6 Å². The van der Waals surface area contributed by atoms with E-state index in [1.807, 2.05) is 12.3 Å². The normalized spacial score (nSPS) is 27.4. The molecule has 0 aliphatic carbocycles. The first-order chi connectivity index (χ1) is 8.86. The highest BCUT2D eigenvalue weighted by atomic mass is 35.5. The molecule has 4 heteroatoms. The Morgan fingerprint density at radius 1 is 1.42 bits per heavy atom. The quantitative estimate of drug-likeness (QED) is 0.923. The van der Waals surface area contributed by atoms with Gasteiger partial charge in [-0.3, -0.25) is 9.88 Å². The Hall–Kier alpha value is -0.640. The van der Waals surface area contributed by atoms with Crippen molar-refractivity contribution >= 4 is 11.6 Å². The molecule has 1 atom stereocenters. The summed E-state index contributed by atoms with van der Waals surface area (Å²) in [4.78, 5) is 6.61. The van der Waals surface area contributed by atoms with Crippen LogP contribution in [0.4, 0.5) is 0 Å². The van der Waals surface area contributed by atoms with Gasteiger partial charge in [0.1, 0.15) is 0 Å². The van der Waals surface area contributed by atoms with E-state index in [0.717, 1.165) is 36.6 Å². The van der Waals surface area contributed by atoms with Crippen LogP contribution in [0, 0.1) is 0 Å². The molecule has 1 aromatic heterocycles. The van der Waals surface area contributed by atoms with Crippen LogP contribution in [0.3, 0.4) is 0 Å². The number of rotatable bonds is 3. The van der Waals surface area contributed by atoms with Gasteiger partial charge in [-0.05, 0) is 38.8 Å². The summed E-state index contributed by atoms with van der Waals surface area (Å²) in [5.41, 5.74) is 1.49. The molecule has 1 unspecified atom stereocenters. The van der Waals surface area contributed by atoms with Gasteiger partial charge in [0.15, 0.2) is 0 Å². The third kappa shape index (κ3) is 3.28. The third-order valence-electron chi connectivity index (χ3n) is 4.28. The molecule has 1 aliphatic heterocycles. The third-order valence-corrected chi connectivity index (χ3v) is 4.62. The highest BCUT2D eigenvalue weighted by molar-refractivity contribution is 6.31. The van der Waals surface area contributed by atoms with Crippen LogP contribution < -0.4 is 5.32 Å². The number of nitrogens with zero attached hydrogens (tertiary/aromatic N) is 2. The van der Waals surface area contributed by atoms with Gasteiger partial charge in [0.25, 0.3) is 0 Å². The summed E-state index contributed by atoms with van der Waals surface area (Å²) in [5, 5.41) is 4.40. The van der Waals surface area contributed by atoms with Gasteiger partial charge in [-0.25, -0.2) is 0 Å². The van der Waals surface area contributed by atoms with Crippen molar-refractivity contribution in [1.82, 2.24) is 15.2 Å². The molecule has 0 radical (unpaired) electrons. The first-order valence-electron chi connectivity index (χ1n) is 6.95. The van der Waals surface area contributed by atoms with E-state index in [1.165, 1.54) is 0 Å². The minimum Gasteiger partial charge on any atom is -0.309 e. The molecule has 3 nitrogen and oxygen atoms in total. The number of hydrogen-bond acceptors (Lipinski definition) is 3. The molecule has 2 heterocycles. The summed E-state index contributed by atoms with van der Waals surface area (Å²) >= 11 is 6.25. The van der Waals surface area contributed by atoms with Crippen molar-refractivity contribution in [2.45, 2.75) is 51.7 Å². The molecule has 1 fully saturated rings. The number of pyridine rings is 1. The van der Waals surface area contributed by atoms with Crippen molar-refractivity contribution in [2.24, 2.45) is 0 Å². The molecule has 0 saturated carbocycles. The van der Waals surface area contributed by atoms with Crippen molar-refractivity contribution in [3.8, 4) is 0 Å².